The van der Waals surface area contributed by atoms with Gasteiger partial charge >= 0.3 is 0 Å². The van der Waals surface area contributed by atoms with Crippen LogP contribution in [0.2, 0.25) is 0 Å². The summed E-state index contributed by atoms with van der Waals surface area (Å²) in [6.07, 6.45) is 2.62. The predicted molar refractivity (Wildman–Crippen MR) is 56.5 cm³/mol. The van der Waals surface area contributed by atoms with Crippen LogP contribution in [0.4, 0.5) is 0 Å². The molecule has 5 heteroatoms. The Bertz CT molecular complexity index is 322. The number of hydrogen-bond donors (Lipinski definition) is 1. The van der Waals surface area contributed by atoms with Gasteiger partial charge in [-0.3, -0.25) is 4.79 Å². The summed E-state index contributed by atoms with van der Waals surface area (Å²) in [5, 5.41) is 6.91. The van der Waals surface area contributed by atoms with Crippen molar-refractivity contribution < 1.29 is 9.53 Å². The second kappa shape index (κ2) is 5.50. The summed E-state index contributed by atoms with van der Waals surface area (Å²) in [4.78, 5) is 11.6. The fourth-order valence-corrected chi connectivity index (χ4v) is 1.09. The molecule has 0 aliphatic heterocycles. The van der Waals surface area contributed by atoms with Gasteiger partial charge < -0.3 is 10.1 Å². The topological polar surface area (TPSA) is 56.2 Å². The van der Waals surface area contributed by atoms with E-state index in [1.165, 1.54) is 0 Å². The molecule has 1 aromatic rings. The normalized spacial score (nSPS) is 12.5. The molecule has 0 saturated heterocycles. The molecule has 1 aromatic heterocycles. The summed E-state index contributed by atoms with van der Waals surface area (Å²) in [5.41, 5.74) is 0.423. The maximum atomic E-state index is 11.6. The lowest BCUT2D eigenvalue weighted by Gasteiger charge is -2.09. The van der Waals surface area contributed by atoms with Crippen LogP contribution in [-0.2, 0) is 11.5 Å². The van der Waals surface area contributed by atoms with Gasteiger partial charge in [0.2, 0.25) is 0 Å². The Morgan fingerprint density at radius 2 is 2.47 bits per heavy atom. The lowest BCUT2D eigenvalue weighted by molar-refractivity contribution is 0.0926. The van der Waals surface area contributed by atoms with Crippen molar-refractivity contribution >= 4 is 5.91 Å². The Morgan fingerprint density at radius 1 is 1.73 bits per heavy atom. The van der Waals surface area contributed by atoms with E-state index in [0.29, 0.717) is 12.4 Å². The van der Waals surface area contributed by atoms with Crippen LogP contribution >= 0.6 is 0 Å². The number of ether oxygens (including phenoxy) is 1. The predicted octanol–water partition coefficient (Wildman–Crippen LogP) is 1.02. The third-order valence-electron chi connectivity index (χ3n) is 2.12. The van der Waals surface area contributed by atoms with Crippen LogP contribution in [0, 0.1) is 0 Å². The maximum Gasteiger partial charge on any atom is 0.271 e. The van der Waals surface area contributed by atoms with Gasteiger partial charge in [-0.25, -0.2) is 4.68 Å². The quantitative estimate of drug-likeness (QED) is 0.791. The minimum Gasteiger partial charge on any atom is -0.362 e. The molecular formula is C10H17N3O2. The molecule has 0 aromatic carbocycles. The van der Waals surface area contributed by atoms with E-state index in [1.807, 2.05) is 13.8 Å². The van der Waals surface area contributed by atoms with Gasteiger partial charge in [0, 0.05) is 19.3 Å². The highest BCUT2D eigenvalue weighted by molar-refractivity contribution is 5.92. The zero-order chi connectivity index (χ0) is 11.3. The van der Waals surface area contributed by atoms with Crippen LogP contribution in [0.15, 0.2) is 12.3 Å². The number of amides is 1. The molecule has 1 amide bonds. The van der Waals surface area contributed by atoms with Gasteiger partial charge in [-0.15, -0.1) is 0 Å². The van der Waals surface area contributed by atoms with E-state index in [-0.39, 0.29) is 11.9 Å². The first kappa shape index (κ1) is 11.7. The van der Waals surface area contributed by atoms with Crippen molar-refractivity contribution in [3.63, 3.8) is 0 Å². The number of methoxy groups -OCH3 is 1. The summed E-state index contributed by atoms with van der Waals surface area (Å²) in [6.45, 7) is 4.34. The number of rotatable bonds is 5. The standard InChI is InChI=1S/C10H17N3O2/c1-4-8(2)11-10(14)9-5-6-13(12-9)7-15-3/h5-6,8H,4,7H2,1-3H3,(H,11,14). The van der Waals surface area contributed by atoms with Crippen molar-refractivity contribution in [1.29, 1.82) is 0 Å². The number of carbonyl (C=O) groups excluding carboxylic acids is 1. The third-order valence-corrected chi connectivity index (χ3v) is 2.12. The minimum absolute atomic E-state index is 0.140. The number of nitrogens with zero attached hydrogens (tertiary/aromatic N) is 2. The SMILES string of the molecule is CCC(C)NC(=O)c1ccn(COC)n1. The smallest absolute Gasteiger partial charge is 0.271 e. The van der Waals surface area contributed by atoms with Gasteiger partial charge in [0.05, 0.1) is 0 Å². The van der Waals surface area contributed by atoms with Gasteiger partial charge in [0.1, 0.15) is 12.4 Å². The number of aromatic nitrogens is 2. The lowest BCUT2D eigenvalue weighted by atomic mass is 10.2. The summed E-state index contributed by atoms with van der Waals surface area (Å²) < 4.78 is 6.47. The fourth-order valence-electron chi connectivity index (χ4n) is 1.09. The molecular weight excluding hydrogens is 194 g/mol. The average molecular weight is 211 g/mol. The Kier molecular flexibility index (Phi) is 4.30. The minimum atomic E-state index is -0.140. The van der Waals surface area contributed by atoms with Crippen molar-refractivity contribution in [3.05, 3.63) is 18.0 Å². The monoisotopic (exact) mass is 211 g/mol. The Morgan fingerprint density at radius 3 is 3.07 bits per heavy atom. The Labute approximate surface area is 89.4 Å². The van der Waals surface area contributed by atoms with Gasteiger partial charge in [-0.1, -0.05) is 6.92 Å². The molecule has 0 saturated carbocycles. The van der Waals surface area contributed by atoms with Gasteiger partial charge in [0.15, 0.2) is 0 Å². The van der Waals surface area contributed by atoms with Gasteiger partial charge in [0.25, 0.3) is 5.91 Å². The molecule has 0 bridgehead atoms. The molecule has 1 N–H and O–H groups in total. The second-order valence-electron chi connectivity index (χ2n) is 3.44. The van der Waals surface area contributed by atoms with Crippen molar-refractivity contribution in [2.24, 2.45) is 0 Å². The van der Waals surface area contributed by atoms with Crippen LogP contribution in [0.1, 0.15) is 30.8 Å². The highest BCUT2D eigenvalue weighted by Gasteiger charge is 2.11. The van der Waals surface area contributed by atoms with Crippen molar-refractivity contribution in [2.75, 3.05) is 7.11 Å². The maximum absolute atomic E-state index is 11.6. The first-order valence-electron chi connectivity index (χ1n) is 5.00. The zero-order valence-electron chi connectivity index (χ0n) is 9.36. The molecule has 0 fully saturated rings. The van der Waals surface area contributed by atoms with Crippen molar-refractivity contribution in [1.82, 2.24) is 15.1 Å². The van der Waals surface area contributed by atoms with E-state index < -0.39 is 0 Å². The molecule has 0 radical (unpaired) electrons. The molecule has 0 spiro atoms. The van der Waals surface area contributed by atoms with E-state index in [4.69, 9.17) is 4.74 Å². The molecule has 5 nitrogen and oxygen atoms in total. The van der Waals surface area contributed by atoms with E-state index in [0.717, 1.165) is 6.42 Å². The zero-order valence-corrected chi connectivity index (χ0v) is 9.36. The van der Waals surface area contributed by atoms with Crippen molar-refractivity contribution in [2.45, 2.75) is 33.0 Å². The van der Waals surface area contributed by atoms with Crippen LogP contribution in [-0.4, -0.2) is 28.8 Å². The molecule has 1 unspecified atom stereocenters. The average Bonchev–Trinajstić information content (AvgIpc) is 2.67. The molecule has 0 aliphatic rings. The molecule has 1 rings (SSSR count). The van der Waals surface area contributed by atoms with E-state index >= 15 is 0 Å². The summed E-state index contributed by atoms with van der Waals surface area (Å²) in [6, 6.07) is 1.85. The highest BCUT2D eigenvalue weighted by Crippen LogP contribution is 1.98. The van der Waals surface area contributed by atoms with E-state index in [2.05, 4.69) is 10.4 Å². The summed E-state index contributed by atoms with van der Waals surface area (Å²) >= 11 is 0. The largest absolute Gasteiger partial charge is 0.362 e. The highest BCUT2D eigenvalue weighted by atomic mass is 16.5. The van der Waals surface area contributed by atoms with Crippen molar-refractivity contribution in [3.8, 4) is 0 Å². The molecule has 0 aliphatic carbocycles. The number of carbonyl (C=O) groups is 1. The van der Waals surface area contributed by atoms with Crippen LogP contribution in [0.25, 0.3) is 0 Å². The fraction of sp³-hybridized carbons (Fsp3) is 0.600. The Balaban J connectivity index is 2.58. The molecule has 84 valence electrons. The molecule has 1 atom stereocenters. The van der Waals surface area contributed by atoms with Crippen LogP contribution in [0.3, 0.4) is 0 Å². The molecule has 15 heavy (non-hydrogen) atoms. The van der Waals surface area contributed by atoms with Crippen LogP contribution < -0.4 is 5.32 Å². The first-order valence-corrected chi connectivity index (χ1v) is 5.00. The third kappa shape index (κ3) is 3.36. The Hall–Kier alpha value is -1.36. The number of hydrogen-bond acceptors (Lipinski definition) is 3. The molecule has 1 heterocycles. The number of nitrogens with one attached hydrogen (secondary N) is 1. The summed E-state index contributed by atoms with van der Waals surface area (Å²) in [5.74, 6) is -0.140. The van der Waals surface area contributed by atoms with Crippen LogP contribution in [0.5, 0.6) is 0 Å². The summed E-state index contributed by atoms with van der Waals surface area (Å²) in [7, 11) is 1.58. The van der Waals surface area contributed by atoms with Gasteiger partial charge in [-0.05, 0) is 19.4 Å². The van der Waals surface area contributed by atoms with E-state index in [1.54, 1.807) is 24.1 Å². The second-order valence-corrected chi connectivity index (χ2v) is 3.44. The van der Waals surface area contributed by atoms with Gasteiger partial charge in [-0.2, -0.15) is 5.10 Å². The lowest BCUT2D eigenvalue weighted by Crippen LogP contribution is -2.32. The van der Waals surface area contributed by atoms with E-state index in [9.17, 15) is 4.79 Å². The first-order chi connectivity index (χ1) is 7.17.